The van der Waals surface area contributed by atoms with Crippen molar-refractivity contribution < 1.29 is 8.78 Å². The SMILES string of the molecule is Cc1cc(F)cc(F)c1.O=c1[nH]cc(-c2cc(C3CC3)c3nccn3n2)c(=O)[nH]1. The summed E-state index contributed by atoms with van der Waals surface area (Å²) in [6, 6.07) is 5.31. The van der Waals surface area contributed by atoms with Crippen molar-refractivity contribution in [2.75, 3.05) is 0 Å². The van der Waals surface area contributed by atoms with E-state index in [0.29, 0.717) is 22.7 Å². The normalized spacial score (nSPS) is 13.2. The molecule has 2 N–H and O–H groups in total. The van der Waals surface area contributed by atoms with Crippen LogP contribution in [0.4, 0.5) is 8.78 Å². The Morgan fingerprint density at radius 3 is 2.45 bits per heavy atom. The van der Waals surface area contributed by atoms with Crippen LogP contribution in [0.1, 0.15) is 29.9 Å². The fourth-order valence-electron chi connectivity index (χ4n) is 3.06. The van der Waals surface area contributed by atoms with E-state index in [2.05, 4.69) is 20.1 Å². The van der Waals surface area contributed by atoms with Gasteiger partial charge in [0.25, 0.3) is 5.56 Å². The van der Waals surface area contributed by atoms with Crippen LogP contribution in [-0.2, 0) is 0 Å². The highest BCUT2D eigenvalue weighted by Gasteiger charge is 2.27. The van der Waals surface area contributed by atoms with E-state index in [1.54, 1.807) is 23.8 Å². The number of fused-ring (bicyclic) bond motifs is 1. The molecule has 0 amide bonds. The minimum atomic E-state index is -0.523. The third-order valence-corrected chi connectivity index (χ3v) is 4.51. The van der Waals surface area contributed by atoms with Gasteiger partial charge >= 0.3 is 5.69 Å². The molecule has 7 nitrogen and oxygen atoms in total. The van der Waals surface area contributed by atoms with Crippen molar-refractivity contribution in [1.29, 1.82) is 0 Å². The maximum atomic E-state index is 12.2. The summed E-state index contributed by atoms with van der Waals surface area (Å²) in [5, 5.41) is 4.38. The van der Waals surface area contributed by atoms with Gasteiger partial charge in [0.2, 0.25) is 0 Å². The molecule has 1 aromatic carbocycles. The molecule has 0 bridgehead atoms. The summed E-state index contributed by atoms with van der Waals surface area (Å²) in [5.41, 5.74) is 2.46. The highest BCUT2D eigenvalue weighted by Crippen LogP contribution is 2.42. The van der Waals surface area contributed by atoms with Crippen LogP contribution < -0.4 is 11.2 Å². The first kappa shape index (κ1) is 18.7. The smallest absolute Gasteiger partial charge is 0.313 e. The van der Waals surface area contributed by atoms with Crippen molar-refractivity contribution in [3.8, 4) is 11.3 Å². The molecule has 5 rings (SSSR count). The molecular formula is C20H17F2N5O2. The molecule has 0 atom stereocenters. The number of halogens is 2. The predicted molar refractivity (Wildman–Crippen MR) is 103 cm³/mol. The summed E-state index contributed by atoms with van der Waals surface area (Å²) >= 11 is 0. The zero-order valence-electron chi connectivity index (χ0n) is 15.4. The minimum Gasteiger partial charge on any atom is -0.313 e. The van der Waals surface area contributed by atoms with E-state index < -0.39 is 22.9 Å². The lowest BCUT2D eigenvalue weighted by Gasteiger charge is -2.05. The number of rotatable bonds is 2. The summed E-state index contributed by atoms with van der Waals surface area (Å²) in [6.45, 7) is 1.64. The Bertz CT molecular complexity index is 1250. The van der Waals surface area contributed by atoms with Gasteiger partial charge in [-0.3, -0.25) is 9.78 Å². The second kappa shape index (κ2) is 7.42. The van der Waals surface area contributed by atoms with Crippen molar-refractivity contribution in [2.45, 2.75) is 25.7 Å². The van der Waals surface area contributed by atoms with Crippen LogP contribution in [0, 0.1) is 18.6 Å². The highest BCUT2D eigenvalue weighted by atomic mass is 19.1. The molecule has 0 unspecified atom stereocenters. The Labute approximate surface area is 163 Å². The Hall–Kier alpha value is -3.62. The van der Waals surface area contributed by atoms with Gasteiger partial charge in [-0.15, -0.1) is 0 Å². The number of aromatic amines is 2. The number of hydrogen-bond acceptors (Lipinski definition) is 4. The van der Waals surface area contributed by atoms with Crippen LogP contribution in [0.5, 0.6) is 0 Å². The number of nitrogens with zero attached hydrogens (tertiary/aromatic N) is 3. The molecule has 148 valence electrons. The van der Waals surface area contributed by atoms with Crippen molar-refractivity contribution >= 4 is 5.65 Å². The molecule has 1 saturated carbocycles. The number of imidazole rings is 1. The van der Waals surface area contributed by atoms with Gasteiger partial charge in [-0.25, -0.2) is 23.1 Å². The van der Waals surface area contributed by atoms with Crippen LogP contribution in [0.3, 0.4) is 0 Å². The first-order valence-corrected chi connectivity index (χ1v) is 9.00. The van der Waals surface area contributed by atoms with E-state index in [9.17, 15) is 18.4 Å². The molecular weight excluding hydrogens is 380 g/mol. The standard InChI is InChI=1S/C13H11N5O2.C7H6F2/c19-12-9(6-15-13(20)16-12)10-5-8(7-1-2-7)11-14-3-4-18(11)17-10;1-5-2-6(8)4-7(9)3-5/h3-7H,1-2H2,(H2,15,16,19,20);2-4H,1H3. The molecule has 3 aromatic heterocycles. The lowest BCUT2D eigenvalue weighted by atomic mass is 10.1. The van der Waals surface area contributed by atoms with E-state index in [-0.39, 0.29) is 0 Å². The highest BCUT2D eigenvalue weighted by molar-refractivity contribution is 5.62. The maximum Gasteiger partial charge on any atom is 0.325 e. The first-order valence-electron chi connectivity index (χ1n) is 9.00. The van der Waals surface area contributed by atoms with Gasteiger partial charge < -0.3 is 4.98 Å². The number of nitrogens with one attached hydrogen (secondary N) is 2. The Balaban J connectivity index is 0.000000192. The predicted octanol–water partition coefficient (Wildman–Crippen LogP) is 2.92. The second-order valence-electron chi connectivity index (χ2n) is 6.89. The molecule has 1 aliphatic carbocycles. The van der Waals surface area contributed by atoms with Crippen molar-refractivity contribution in [2.24, 2.45) is 0 Å². The fraction of sp³-hybridized carbons (Fsp3) is 0.200. The number of aryl methyl sites for hydroxylation is 1. The van der Waals surface area contributed by atoms with Crippen LogP contribution in [0.2, 0.25) is 0 Å². The lowest BCUT2D eigenvalue weighted by molar-refractivity contribution is 0.581. The van der Waals surface area contributed by atoms with Crippen molar-refractivity contribution in [1.82, 2.24) is 24.6 Å². The van der Waals surface area contributed by atoms with Crippen LogP contribution in [0.25, 0.3) is 16.9 Å². The quantitative estimate of drug-likeness (QED) is 0.544. The van der Waals surface area contributed by atoms with Gasteiger partial charge in [0.1, 0.15) is 11.6 Å². The Morgan fingerprint density at radius 2 is 1.83 bits per heavy atom. The first-order chi connectivity index (χ1) is 13.9. The van der Waals surface area contributed by atoms with E-state index in [1.807, 2.05) is 6.07 Å². The van der Waals surface area contributed by atoms with Crippen molar-refractivity contribution in [3.05, 3.63) is 86.5 Å². The summed E-state index contributed by atoms with van der Waals surface area (Å²) in [4.78, 5) is 31.9. The van der Waals surface area contributed by atoms with E-state index in [0.717, 1.165) is 30.1 Å². The maximum absolute atomic E-state index is 12.2. The van der Waals surface area contributed by atoms with Gasteiger partial charge in [-0.1, -0.05) is 0 Å². The molecule has 3 heterocycles. The third-order valence-electron chi connectivity index (χ3n) is 4.51. The monoisotopic (exact) mass is 397 g/mol. The molecule has 0 saturated heterocycles. The molecule has 1 fully saturated rings. The topological polar surface area (TPSA) is 95.9 Å². The van der Waals surface area contributed by atoms with Gasteiger partial charge in [0, 0.05) is 30.2 Å². The summed E-state index contributed by atoms with van der Waals surface area (Å²) in [6.07, 6.45) is 7.10. The molecule has 0 spiro atoms. The molecule has 0 radical (unpaired) electrons. The second-order valence-corrected chi connectivity index (χ2v) is 6.89. The van der Waals surface area contributed by atoms with Crippen molar-refractivity contribution in [3.63, 3.8) is 0 Å². The largest absolute Gasteiger partial charge is 0.325 e. The molecule has 1 aliphatic rings. The molecule has 29 heavy (non-hydrogen) atoms. The zero-order valence-corrected chi connectivity index (χ0v) is 15.4. The Morgan fingerprint density at radius 1 is 1.10 bits per heavy atom. The fourth-order valence-corrected chi connectivity index (χ4v) is 3.06. The zero-order chi connectivity index (χ0) is 20.5. The summed E-state index contributed by atoms with van der Waals surface area (Å²) in [5.74, 6) is -0.552. The Kier molecular flexibility index (Phi) is 4.79. The summed E-state index contributed by atoms with van der Waals surface area (Å²) < 4.78 is 26.1. The van der Waals surface area contributed by atoms with Gasteiger partial charge in [0.15, 0.2) is 5.65 Å². The van der Waals surface area contributed by atoms with Crippen LogP contribution >= 0.6 is 0 Å². The molecule has 0 aliphatic heterocycles. The molecule has 9 heteroatoms. The number of H-pyrrole nitrogens is 2. The van der Waals surface area contributed by atoms with Gasteiger partial charge in [-0.05, 0) is 49.4 Å². The lowest BCUT2D eigenvalue weighted by Crippen LogP contribution is -2.23. The average Bonchev–Trinajstić information content (AvgIpc) is 3.37. The van der Waals surface area contributed by atoms with E-state index >= 15 is 0 Å². The average molecular weight is 397 g/mol. The molecule has 4 aromatic rings. The number of hydrogen-bond donors (Lipinski definition) is 2. The van der Waals surface area contributed by atoms with Crippen LogP contribution in [-0.4, -0.2) is 24.6 Å². The number of benzene rings is 1. The van der Waals surface area contributed by atoms with Crippen LogP contribution in [0.15, 0.2) is 52.4 Å². The third kappa shape index (κ3) is 4.13. The minimum absolute atomic E-state index is 0.349. The van der Waals surface area contributed by atoms with E-state index in [4.69, 9.17) is 0 Å². The van der Waals surface area contributed by atoms with Gasteiger partial charge in [0.05, 0.1) is 11.3 Å². The number of aromatic nitrogens is 5. The summed E-state index contributed by atoms with van der Waals surface area (Å²) in [7, 11) is 0. The van der Waals surface area contributed by atoms with E-state index in [1.165, 1.54) is 18.3 Å². The van der Waals surface area contributed by atoms with Gasteiger partial charge in [-0.2, -0.15) is 5.10 Å².